The average molecular weight is 234 g/mol. The Morgan fingerprint density at radius 2 is 1.72 bits per heavy atom. The molecule has 0 amide bonds. The first-order chi connectivity index (χ1) is 8.84. The highest BCUT2D eigenvalue weighted by atomic mass is 16.3. The Morgan fingerprint density at radius 3 is 2.67 bits per heavy atom. The van der Waals surface area contributed by atoms with Crippen molar-refractivity contribution in [3.05, 3.63) is 69.9 Å². The summed E-state index contributed by atoms with van der Waals surface area (Å²) in [6.45, 7) is 0. The zero-order valence-corrected chi connectivity index (χ0v) is 9.64. The fourth-order valence-electron chi connectivity index (χ4n) is 2.64. The van der Waals surface area contributed by atoms with E-state index in [1.807, 2.05) is 42.5 Å². The van der Waals surface area contributed by atoms with E-state index < -0.39 is 0 Å². The summed E-state index contributed by atoms with van der Waals surface area (Å²) in [6.07, 6.45) is 0.679. The molecular weight excluding hydrogens is 224 g/mol. The van der Waals surface area contributed by atoms with Crippen LogP contribution in [0.2, 0.25) is 0 Å². The summed E-state index contributed by atoms with van der Waals surface area (Å²) in [5.41, 5.74) is 3.77. The van der Waals surface area contributed by atoms with Crippen molar-refractivity contribution < 1.29 is 4.42 Å². The zero-order valence-electron chi connectivity index (χ0n) is 9.64. The van der Waals surface area contributed by atoms with Crippen molar-refractivity contribution in [3.8, 4) is 11.3 Å². The first kappa shape index (κ1) is 9.66. The van der Waals surface area contributed by atoms with Gasteiger partial charge >= 0.3 is 0 Å². The number of fused-ring (bicyclic) bond motifs is 4. The maximum absolute atomic E-state index is 12.4. The van der Waals surface area contributed by atoms with Gasteiger partial charge < -0.3 is 4.42 Å². The number of benzene rings is 2. The van der Waals surface area contributed by atoms with Crippen LogP contribution in [-0.4, -0.2) is 0 Å². The fraction of sp³-hybridized carbons (Fsp3) is 0.0625. The zero-order chi connectivity index (χ0) is 12.1. The second-order valence-electron chi connectivity index (χ2n) is 4.57. The minimum Gasteiger partial charge on any atom is -0.456 e. The van der Waals surface area contributed by atoms with Gasteiger partial charge in [0.2, 0.25) is 0 Å². The van der Waals surface area contributed by atoms with Crippen LogP contribution in [0, 0.1) is 0 Å². The van der Waals surface area contributed by atoms with Gasteiger partial charge in [0.15, 0.2) is 5.43 Å². The lowest BCUT2D eigenvalue weighted by Gasteiger charge is -2.02. The van der Waals surface area contributed by atoms with Crippen molar-refractivity contribution in [1.29, 1.82) is 0 Å². The van der Waals surface area contributed by atoms with Gasteiger partial charge in [0.1, 0.15) is 11.3 Å². The van der Waals surface area contributed by atoms with E-state index in [0.29, 0.717) is 17.4 Å². The Kier molecular flexibility index (Phi) is 1.78. The minimum atomic E-state index is 0.100. The molecular formula is C16H10O2. The lowest BCUT2D eigenvalue weighted by atomic mass is 10.1. The molecule has 2 nitrogen and oxygen atoms in total. The van der Waals surface area contributed by atoms with Crippen molar-refractivity contribution in [2.75, 3.05) is 0 Å². The van der Waals surface area contributed by atoms with Crippen molar-refractivity contribution in [2.24, 2.45) is 0 Å². The van der Waals surface area contributed by atoms with Crippen LogP contribution in [0.4, 0.5) is 0 Å². The molecule has 1 aromatic heterocycles. The smallest absolute Gasteiger partial charge is 0.196 e. The largest absolute Gasteiger partial charge is 0.456 e. The standard InChI is InChI=1S/C16H10O2/c17-15-12-7-3-4-8-14(12)18-16-11-6-2-1-5-10(11)9-13(15)16/h1-8H,9H2. The third-order valence-electron chi connectivity index (χ3n) is 3.52. The summed E-state index contributed by atoms with van der Waals surface area (Å²) >= 11 is 0. The predicted molar refractivity (Wildman–Crippen MR) is 70.7 cm³/mol. The van der Waals surface area contributed by atoms with Crippen LogP contribution in [0.3, 0.4) is 0 Å². The van der Waals surface area contributed by atoms with E-state index in [1.165, 1.54) is 5.56 Å². The third-order valence-corrected chi connectivity index (χ3v) is 3.52. The van der Waals surface area contributed by atoms with E-state index in [2.05, 4.69) is 6.07 Å². The van der Waals surface area contributed by atoms with E-state index in [4.69, 9.17) is 4.42 Å². The lowest BCUT2D eigenvalue weighted by molar-refractivity contribution is 0.617. The lowest BCUT2D eigenvalue weighted by Crippen LogP contribution is -2.07. The molecule has 1 heterocycles. The maximum atomic E-state index is 12.4. The van der Waals surface area contributed by atoms with Crippen molar-refractivity contribution >= 4 is 11.0 Å². The molecule has 86 valence electrons. The highest BCUT2D eigenvalue weighted by Crippen LogP contribution is 2.36. The van der Waals surface area contributed by atoms with E-state index in [0.717, 1.165) is 16.9 Å². The molecule has 2 heteroatoms. The van der Waals surface area contributed by atoms with Crippen LogP contribution in [0.5, 0.6) is 0 Å². The van der Waals surface area contributed by atoms with Crippen LogP contribution in [0.25, 0.3) is 22.3 Å². The molecule has 0 radical (unpaired) electrons. The molecule has 0 aliphatic heterocycles. The highest BCUT2D eigenvalue weighted by Gasteiger charge is 2.24. The third kappa shape index (κ3) is 1.15. The van der Waals surface area contributed by atoms with Crippen LogP contribution in [0.15, 0.2) is 57.7 Å². The second kappa shape index (κ2) is 3.33. The summed E-state index contributed by atoms with van der Waals surface area (Å²) in [5, 5.41) is 0.670. The van der Waals surface area contributed by atoms with Gasteiger partial charge in [-0.1, -0.05) is 36.4 Å². The molecule has 0 saturated heterocycles. The molecule has 4 rings (SSSR count). The molecule has 2 aromatic carbocycles. The van der Waals surface area contributed by atoms with Gasteiger partial charge in [0.05, 0.1) is 5.39 Å². The Labute approximate surface area is 103 Å². The van der Waals surface area contributed by atoms with E-state index in [1.54, 1.807) is 0 Å². The molecule has 0 bridgehead atoms. The monoisotopic (exact) mass is 234 g/mol. The van der Waals surface area contributed by atoms with Gasteiger partial charge in [0, 0.05) is 17.5 Å². The van der Waals surface area contributed by atoms with Gasteiger partial charge in [-0.2, -0.15) is 0 Å². The number of hydrogen-bond acceptors (Lipinski definition) is 2. The quantitative estimate of drug-likeness (QED) is 0.467. The molecule has 0 fully saturated rings. The Hall–Kier alpha value is -2.35. The summed E-state index contributed by atoms with van der Waals surface area (Å²) < 4.78 is 5.91. The van der Waals surface area contributed by atoms with Gasteiger partial charge in [-0.3, -0.25) is 4.79 Å². The van der Waals surface area contributed by atoms with Gasteiger partial charge in [-0.15, -0.1) is 0 Å². The molecule has 0 unspecified atom stereocenters. The van der Waals surface area contributed by atoms with Crippen LogP contribution >= 0.6 is 0 Å². The molecule has 1 aliphatic carbocycles. The first-order valence-corrected chi connectivity index (χ1v) is 5.97. The summed E-state index contributed by atoms with van der Waals surface area (Å²) in [5.74, 6) is 0.745. The summed E-state index contributed by atoms with van der Waals surface area (Å²) in [7, 11) is 0. The normalized spacial score (nSPS) is 12.4. The minimum absolute atomic E-state index is 0.100. The Balaban J connectivity index is 2.16. The van der Waals surface area contributed by atoms with E-state index in [-0.39, 0.29) is 5.43 Å². The van der Waals surface area contributed by atoms with Crippen LogP contribution in [-0.2, 0) is 6.42 Å². The predicted octanol–water partition coefficient (Wildman–Crippen LogP) is 3.36. The van der Waals surface area contributed by atoms with E-state index >= 15 is 0 Å². The summed E-state index contributed by atoms with van der Waals surface area (Å²) in [4.78, 5) is 12.4. The van der Waals surface area contributed by atoms with Crippen molar-refractivity contribution in [2.45, 2.75) is 6.42 Å². The molecule has 3 aromatic rings. The Bertz CT molecular complexity index is 828. The summed E-state index contributed by atoms with van der Waals surface area (Å²) in [6, 6.07) is 15.5. The topological polar surface area (TPSA) is 30.2 Å². The Morgan fingerprint density at radius 1 is 0.944 bits per heavy atom. The van der Waals surface area contributed by atoms with Crippen LogP contribution < -0.4 is 5.43 Å². The molecule has 1 aliphatic rings. The van der Waals surface area contributed by atoms with Crippen LogP contribution in [0.1, 0.15) is 11.1 Å². The van der Waals surface area contributed by atoms with Gasteiger partial charge in [0.25, 0.3) is 0 Å². The van der Waals surface area contributed by atoms with E-state index in [9.17, 15) is 4.79 Å². The number of rotatable bonds is 0. The molecule has 0 atom stereocenters. The molecule has 0 saturated carbocycles. The second-order valence-corrected chi connectivity index (χ2v) is 4.57. The van der Waals surface area contributed by atoms with Gasteiger partial charge in [-0.25, -0.2) is 0 Å². The fourth-order valence-corrected chi connectivity index (χ4v) is 2.64. The highest BCUT2D eigenvalue weighted by molar-refractivity contribution is 5.83. The molecule has 18 heavy (non-hydrogen) atoms. The average Bonchev–Trinajstić information content (AvgIpc) is 2.79. The SMILES string of the molecule is O=c1c2c(oc3ccccc13)-c1ccccc1C2. The van der Waals surface area contributed by atoms with Crippen molar-refractivity contribution in [3.63, 3.8) is 0 Å². The first-order valence-electron chi connectivity index (χ1n) is 5.97. The van der Waals surface area contributed by atoms with Gasteiger partial charge in [-0.05, 0) is 17.7 Å². The maximum Gasteiger partial charge on any atom is 0.196 e. The molecule has 0 N–H and O–H groups in total. The number of hydrogen-bond donors (Lipinski definition) is 0. The molecule has 0 spiro atoms. The van der Waals surface area contributed by atoms with Crippen molar-refractivity contribution in [1.82, 2.24) is 0 Å². The number of para-hydroxylation sites is 1.